The first-order valence-corrected chi connectivity index (χ1v) is 7.59. The molecule has 6 nitrogen and oxygen atoms in total. The van der Waals surface area contributed by atoms with Crippen LogP contribution < -0.4 is 10.2 Å². The Hall–Kier alpha value is -1.21. The van der Waals surface area contributed by atoms with Gasteiger partial charge in [-0.1, -0.05) is 0 Å². The molecule has 3 rings (SSSR count). The molecule has 104 valence electrons. The minimum atomic E-state index is 0.0512. The van der Waals surface area contributed by atoms with Crippen LogP contribution in [0, 0.1) is 6.92 Å². The van der Waals surface area contributed by atoms with Crippen LogP contribution in [0.5, 0.6) is 0 Å². The minimum Gasteiger partial charge on any atom is -0.343 e. The van der Waals surface area contributed by atoms with Gasteiger partial charge in [0.1, 0.15) is 5.82 Å². The molecule has 0 bridgehead atoms. The van der Waals surface area contributed by atoms with Crippen LogP contribution in [0.25, 0.3) is 0 Å². The third-order valence-electron chi connectivity index (χ3n) is 3.74. The fourth-order valence-corrected chi connectivity index (χ4v) is 3.37. The molecular weight excluding hydrogens is 262 g/mol. The van der Waals surface area contributed by atoms with Crippen molar-refractivity contribution in [1.29, 1.82) is 0 Å². The number of aromatic nitrogens is 2. The van der Waals surface area contributed by atoms with Crippen molar-refractivity contribution in [2.24, 2.45) is 0 Å². The zero-order chi connectivity index (χ0) is 13.2. The average Bonchev–Trinajstić information content (AvgIpc) is 3.09. The van der Waals surface area contributed by atoms with Crippen LogP contribution in [0.15, 0.2) is 0 Å². The molecule has 7 heteroatoms. The van der Waals surface area contributed by atoms with Gasteiger partial charge in [-0.05, 0) is 26.3 Å². The van der Waals surface area contributed by atoms with E-state index in [1.165, 1.54) is 11.5 Å². The molecule has 2 fully saturated rings. The number of amides is 1. The summed E-state index contributed by atoms with van der Waals surface area (Å²) in [5, 5.41) is 4.25. The number of rotatable bonds is 2. The second-order valence-electron chi connectivity index (χ2n) is 5.09. The lowest BCUT2D eigenvalue weighted by molar-refractivity contribution is -0.133. The van der Waals surface area contributed by atoms with Gasteiger partial charge in [-0.25, -0.2) is 4.98 Å². The van der Waals surface area contributed by atoms with Crippen molar-refractivity contribution in [3.8, 4) is 0 Å². The fourth-order valence-electron chi connectivity index (χ4n) is 2.65. The van der Waals surface area contributed by atoms with E-state index in [0.717, 1.165) is 56.5 Å². The van der Waals surface area contributed by atoms with Crippen LogP contribution in [0.2, 0.25) is 0 Å². The average molecular weight is 281 g/mol. The third-order valence-corrected chi connectivity index (χ3v) is 4.61. The van der Waals surface area contributed by atoms with E-state index in [-0.39, 0.29) is 11.9 Å². The summed E-state index contributed by atoms with van der Waals surface area (Å²) in [5.74, 6) is 1.10. The smallest absolute Gasteiger partial charge is 0.239 e. The minimum absolute atomic E-state index is 0.0512. The lowest BCUT2D eigenvalue weighted by Crippen LogP contribution is -2.53. The maximum absolute atomic E-state index is 12.3. The third kappa shape index (κ3) is 2.71. The molecule has 0 spiro atoms. The summed E-state index contributed by atoms with van der Waals surface area (Å²) < 4.78 is 4.21. The highest BCUT2D eigenvalue weighted by Gasteiger charge is 2.29. The molecule has 2 aliphatic heterocycles. The number of carbonyl (C=O) groups is 1. The quantitative estimate of drug-likeness (QED) is 0.842. The van der Waals surface area contributed by atoms with Gasteiger partial charge in [-0.2, -0.15) is 4.37 Å². The van der Waals surface area contributed by atoms with Gasteiger partial charge in [0, 0.05) is 37.7 Å². The molecule has 1 N–H and O–H groups in total. The van der Waals surface area contributed by atoms with Crippen LogP contribution in [-0.4, -0.2) is 58.9 Å². The van der Waals surface area contributed by atoms with Gasteiger partial charge in [0.25, 0.3) is 0 Å². The number of piperazine rings is 1. The van der Waals surface area contributed by atoms with Gasteiger partial charge in [-0.15, -0.1) is 0 Å². The monoisotopic (exact) mass is 281 g/mol. The van der Waals surface area contributed by atoms with Crippen molar-refractivity contribution in [3.63, 3.8) is 0 Å². The summed E-state index contributed by atoms with van der Waals surface area (Å²) in [6.07, 6.45) is 2.09. The number of anilines is 1. The fraction of sp³-hybridized carbons (Fsp3) is 0.750. The van der Waals surface area contributed by atoms with Crippen molar-refractivity contribution >= 4 is 22.6 Å². The summed E-state index contributed by atoms with van der Waals surface area (Å²) in [6.45, 7) is 6.16. The van der Waals surface area contributed by atoms with Gasteiger partial charge < -0.3 is 15.1 Å². The van der Waals surface area contributed by atoms with E-state index in [2.05, 4.69) is 19.6 Å². The molecule has 0 unspecified atom stereocenters. The van der Waals surface area contributed by atoms with Gasteiger partial charge in [-0.3, -0.25) is 4.79 Å². The molecule has 2 aliphatic rings. The second-order valence-corrected chi connectivity index (χ2v) is 5.82. The normalized spacial score (nSPS) is 23.9. The zero-order valence-corrected chi connectivity index (χ0v) is 11.9. The molecular formula is C12H19N5OS. The van der Waals surface area contributed by atoms with E-state index in [1.807, 2.05) is 11.8 Å². The van der Waals surface area contributed by atoms with E-state index in [1.54, 1.807) is 0 Å². The Labute approximate surface area is 117 Å². The topological polar surface area (TPSA) is 61.4 Å². The van der Waals surface area contributed by atoms with E-state index in [9.17, 15) is 4.79 Å². The summed E-state index contributed by atoms with van der Waals surface area (Å²) in [6, 6.07) is 0.0512. The van der Waals surface area contributed by atoms with Crippen LogP contribution in [0.4, 0.5) is 5.13 Å². The molecule has 1 aromatic rings. The standard InChI is InChI=1S/C12H19N5OS/c1-9-14-12(19-15-9)17-7-5-16(6-8-17)11(18)10-3-2-4-13-10/h10,13H,2-8H2,1H3/t10-/m0/s1. The molecule has 19 heavy (non-hydrogen) atoms. The largest absolute Gasteiger partial charge is 0.343 e. The van der Waals surface area contributed by atoms with Crippen LogP contribution in [0.1, 0.15) is 18.7 Å². The van der Waals surface area contributed by atoms with Crippen molar-refractivity contribution in [1.82, 2.24) is 19.6 Å². The molecule has 1 amide bonds. The number of aryl methyl sites for hydroxylation is 1. The highest BCUT2D eigenvalue weighted by molar-refractivity contribution is 7.09. The number of hydrogen-bond donors (Lipinski definition) is 1. The van der Waals surface area contributed by atoms with Gasteiger partial charge in [0.15, 0.2) is 0 Å². The Kier molecular flexibility index (Phi) is 3.65. The van der Waals surface area contributed by atoms with Crippen molar-refractivity contribution in [3.05, 3.63) is 5.82 Å². The number of nitrogens with one attached hydrogen (secondary N) is 1. The molecule has 1 atom stereocenters. The first-order valence-electron chi connectivity index (χ1n) is 6.81. The first-order chi connectivity index (χ1) is 9.24. The molecule has 0 aromatic carbocycles. The molecule has 2 saturated heterocycles. The lowest BCUT2D eigenvalue weighted by atomic mass is 10.2. The predicted octanol–water partition coefficient (Wildman–Crippen LogP) is 0.247. The van der Waals surface area contributed by atoms with Crippen molar-refractivity contribution < 1.29 is 4.79 Å². The van der Waals surface area contributed by atoms with Crippen LogP contribution in [0.3, 0.4) is 0 Å². The Bertz CT molecular complexity index is 449. The predicted molar refractivity (Wildman–Crippen MR) is 74.5 cm³/mol. The van der Waals surface area contributed by atoms with E-state index < -0.39 is 0 Å². The highest BCUT2D eigenvalue weighted by atomic mass is 32.1. The molecule has 0 radical (unpaired) electrons. The molecule has 0 aliphatic carbocycles. The van der Waals surface area contributed by atoms with Gasteiger partial charge in [0.2, 0.25) is 11.0 Å². The number of carbonyl (C=O) groups excluding carboxylic acids is 1. The molecule has 1 aromatic heterocycles. The molecule has 3 heterocycles. The summed E-state index contributed by atoms with van der Waals surface area (Å²) in [5.41, 5.74) is 0. The highest BCUT2D eigenvalue weighted by Crippen LogP contribution is 2.19. The summed E-state index contributed by atoms with van der Waals surface area (Å²) in [7, 11) is 0. The molecule has 0 saturated carbocycles. The number of nitrogens with zero attached hydrogens (tertiary/aromatic N) is 4. The van der Waals surface area contributed by atoms with Crippen molar-refractivity contribution in [2.45, 2.75) is 25.8 Å². The lowest BCUT2D eigenvalue weighted by Gasteiger charge is -2.35. The summed E-state index contributed by atoms with van der Waals surface area (Å²) in [4.78, 5) is 20.9. The Morgan fingerprint density at radius 3 is 2.74 bits per heavy atom. The summed E-state index contributed by atoms with van der Waals surface area (Å²) >= 11 is 1.44. The van der Waals surface area contributed by atoms with E-state index in [4.69, 9.17) is 0 Å². The van der Waals surface area contributed by atoms with Gasteiger partial charge >= 0.3 is 0 Å². The number of hydrogen-bond acceptors (Lipinski definition) is 6. The Balaban J connectivity index is 1.55. The zero-order valence-electron chi connectivity index (χ0n) is 11.1. The Morgan fingerprint density at radius 2 is 2.16 bits per heavy atom. The maximum atomic E-state index is 12.3. The SMILES string of the molecule is Cc1nsc(N2CCN(C(=O)[C@@H]3CCCN3)CC2)n1. The van der Waals surface area contributed by atoms with E-state index >= 15 is 0 Å². The first kappa shape index (κ1) is 12.8. The maximum Gasteiger partial charge on any atom is 0.239 e. The van der Waals surface area contributed by atoms with Crippen LogP contribution in [-0.2, 0) is 4.79 Å². The Morgan fingerprint density at radius 1 is 1.37 bits per heavy atom. The van der Waals surface area contributed by atoms with Crippen LogP contribution >= 0.6 is 11.5 Å². The van der Waals surface area contributed by atoms with Crippen molar-refractivity contribution in [2.75, 3.05) is 37.6 Å². The van der Waals surface area contributed by atoms with E-state index in [0.29, 0.717) is 0 Å². The van der Waals surface area contributed by atoms with Gasteiger partial charge in [0.05, 0.1) is 6.04 Å². The second kappa shape index (κ2) is 5.42.